The zero-order valence-electron chi connectivity index (χ0n) is 7.79. The van der Waals surface area contributed by atoms with E-state index in [1.807, 2.05) is 6.92 Å². The molecule has 0 aliphatic heterocycles. The lowest BCUT2D eigenvalue weighted by Crippen LogP contribution is -2.21. The maximum absolute atomic E-state index is 5.66. The van der Waals surface area contributed by atoms with Crippen LogP contribution in [0.25, 0.3) is 0 Å². The molecule has 0 atom stereocenters. The number of rotatable bonds is 3. The van der Waals surface area contributed by atoms with Crippen molar-refractivity contribution in [1.82, 2.24) is 4.98 Å². The third-order valence-corrected chi connectivity index (χ3v) is 2.90. The molecule has 0 saturated heterocycles. The summed E-state index contributed by atoms with van der Waals surface area (Å²) in [7, 11) is 0. The van der Waals surface area contributed by atoms with E-state index < -0.39 is 0 Å². The summed E-state index contributed by atoms with van der Waals surface area (Å²) in [6.45, 7) is 8.22. The number of nitrogens with zero attached hydrogens (tertiary/aromatic N) is 2. The normalized spacial score (nSPS) is 10.2. The van der Waals surface area contributed by atoms with Crippen molar-refractivity contribution in [2.45, 2.75) is 20.8 Å². The molecule has 0 saturated carbocycles. The third-order valence-electron chi connectivity index (χ3n) is 1.86. The lowest BCUT2D eigenvalue weighted by Gasteiger charge is -2.16. The topological polar surface area (TPSA) is 42.2 Å². The fourth-order valence-corrected chi connectivity index (χ4v) is 1.98. The van der Waals surface area contributed by atoms with Gasteiger partial charge in [-0.3, -0.25) is 0 Å². The molecular formula is C8H15N3S. The van der Waals surface area contributed by atoms with Crippen molar-refractivity contribution < 1.29 is 0 Å². The van der Waals surface area contributed by atoms with Gasteiger partial charge >= 0.3 is 0 Å². The van der Waals surface area contributed by atoms with Crippen molar-refractivity contribution in [3.8, 4) is 0 Å². The molecule has 1 heterocycles. The first-order valence-corrected chi connectivity index (χ1v) is 4.98. The summed E-state index contributed by atoms with van der Waals surface area (Å²) in [5.41, 5.74) is 5.66. The lowest BCUT2D eigenvalue weighted by molar-refractivity contribution is 0.861. The predicted octanol–water partition coefficient (Wildman–Crippen LogP) is 1.88. The summed E-state index contributed by atoms with van der Waals surface area (Å²) in [5, 5.41) is 1.04. The van der Waals surface area contributed by atoms with E-state index >= 15 is 0 Å². The van der Waals surface area contributed by atoms with Crippen LogP contribution in [-0.4, -0.2) is 18.1 Å². The summed E-state index contributed by atoms with van der Waals surface area (Å²) >= 11 is 1.66. The van der Waals surface area contributed by atoms with Crippen molar-refractivity contribution in [3.63, 3.8) is 0 Å². The van der Waals surface area contributed by atoms with Crippen LogP contribution in [0.15, 0.2) is 0 Å². The molecule has 0 bridgehead atoms. The molecule has 1 aromatic rings. The standard InChI is InChI=1S/C8H15N3S/c1-4-11(5-2)8-10-7(9)6(3)12-8/h4-5,9H2,1-3H3. The number of hydrogen-bond acceptors (Lipinski definition) is 4. The first-order chi connectivity index (χ1) is 5.69. The van der Waals surface area contributed by atoms with Crippen LogP contribution in [0.1, 0.15) is 18.7 Å². The molecule has 1 rings (SSSR count). The lowest BCUT2D eigenvalue weighted by atomic mass is 10.5. The smallest absolute Gasteiger partial charge is 0.187 e. The molecule has 2 N–H and O–H groups in total. The van der Waals surface area contributed by atoms with Crippen molar-refractivity contribution in [3.05, 3.63) is 4.88 Å². The van der Waals surface area contributed by atoms with Crippen molar-refractivity contribution >= 4 is 22.3 Å². The Morgan fingerprint density at radius 1 is 1.42 bits per heavy atom. The van der Waals surface area contributed by atoms with Gasteiger partial charge in [0.1, 0.15) is 5.82 Å². The second kappa shape index (κ2) is 3.76. The maximum atomic E-state index is 5.66. The van der Waals surface area contributed by atoms with Gasteiger partial charge in [-0.05, 0) is 20.8 Å². The zero-order chi connectivity index (χ0) is 9.14. The van der Waals surface area contributed by atoms with Crippen LogP contribution in [0.2, 0.25) is 0 Å². The molecule has 0 aliphatic rings. The summed E-state index contributed by atoms with van der Waals surface area (Å²) in [4.78, 5) is 7.59. The Morgan fingerprint density at radius 3 is 2.33 bits per heavy atom. The van der Waals surface area contributed by atoms with E-state index in [9.17, 15) is 0 Å². The zero-order valence-corrected chi connectivity index (χ0v) is 8.61. The van der Waals surface area contributed by atoms with Gasteiger partial charge in [0.25, 0.3) is 0 Å². The molecule has 0 aromatic carbocycles. The van der Waals surface area contributed by atoms with Gasteiger partial charge in [0.05, 0.1) is 0 Å². The minimum absolute atomic E-state index is 0.668. The highest BCUT2D eigenvalue weighted by Gasteiger charge is 2.08. The summed E-state index contributed by atoms with van der Waals surface area (Å²) in [6, 6.07) is 0. The number of nitrogens with two attached hydrogens (primary N) is 1. The molecule has 0 spiro atoms. The van der Waals surface area contributed by atoms with E-state index in [4.69, 9.17) is 5.73 Å². The first kappa shape index (κ1) is 9.32. The van der Waals surface area contributed by atoms with Crippen LogP contribution in [0.5, 0.6) is 0 Å². The average molecular weight is 185 g/mol. The number of aryl methyl sites for hydroxylation is 1. The second-order valence-corrected chi connectivity index (χ2v) is 3.79. The monoisotopic (exact) mass is 185 g/mol. The second-order valence-electron chi connectivity index (χ2n) is 2.61. The maximum Gasteiger partial charge on any atom is 0.187 e. The van der Waals surface area contributed by atoms with Crippen LogP contribution in [0.4, 0.5) is 10.9 Å². The van der Waals surface area contributed by atoms with Gasteiger partial charge in [-0.25, -0.2) is 4.98 Å². The molecule has 0 amide bonds. The van der Waals surface area contributed by atoms with E-state index in [1.54, 1.807) is 11.3 Å². The highest BCUT2D eigenvalue weighted by Crippen LogP contribution is 2.26. The Bertz CT molecular complexity index is 233. The number of nitrogen functional groups attached to an aromatic ring is 1. The Morgan fingerprint density at radius 2 is 2.00 bits per heavy atom. The largest absolute Gasteiger partial charge is 0.383 e. The van der Waals surface area contributed by atoms with Gasteiger partial charge in [-0.2, -0.15) is 0 Å². The molecule has 68 valence electrons. The van der Waals surface area contributed by atoms with E-state index in [2.05, 4.69) is 23.7 Å². The van der Waals surface area contributed by atoms with Gasteiger partial charge in [0.15, 0.2) is 5.13 Å². The molecule has 12 heavy (non-hydrogen) atoms. The van der Waals surface area contributed by atoms with Crippen molar-refractivity contribution in [2.24, 2.45) is 0 Å². The SMILES string of the molecule is CCN(CC)c1nc(N)c(C)s1. The minimum Gasteiger partial charge on any atom is -0.383 e. The summed E-state index contributed by atoms with van der Waals surface area (Å²) in [6.07, 6.45) is 0. The van der Waals surface area contributed by atoms with Crippen LogP contribution in [-0.2, 0) is 0 Å². The van der Waals surface area contributed by atoms with Gasteiger partial charge in [0, 0.05) is 18.0 Å². The summed E-state index contributed by atoms with van der Waals surface area (Å²) < 4.78 is 0. The number of thiazole rings is 1. The molecule has 0 aliphatic carbocycles. The van der Waals surface area contributed by atoms with E-state index in [1.165, 1.54) is 0 Å². The van der Waals surface area contributed by atoms with Crippen LogP contribution in [0, 0.1) is 6.92 Å². The molecule has 0 radical (unpaired) electrons. The molecule has 4 heteroatoms. The number of hydrogen-bond donors (Lipinski definition) is 1. The highest BCUT2D eigenvalue weighted by molar-refractivity contribution is 7.16. The minimum atomic E-state index is 0.668. The Balaban J connectivity index is 2.86. The van der Waals surface area contributed by atoms with Crippen molar-refractivity contribution in [1.29, 1.82) is 0 Å². The van der Waals surface area contributed by atoms with Gasteiger partial charge in [-0.15, -0.1) is 0 Å². The quantitative estimate of drug-likeness (QED) is 0.781. The van der Waals surface area contributed by atoms with Crippen LogP contribution >= 0.6 is 11.3 Å². The molecular weight excluding hydrogens is 170 g/mol. The summed E-state index contributed by atoms with van der Waals surface area (Å²) in [5.74, 6) is 0.668. The first-order valence-electron chi connectivity index (χ1n) is 4.16. The predicted molar refractivity (Wildman–Crippen MR) is 54.8 cm³/mol. The van der Waals surface area contributed by atoms with E-state index in [-0.39, 0.29) is 0 Å². The average Bonchev–Trinajstić information content (AvgIpc) is 2.35. The Labute approximate surface area is 77.2 Å². The van der Waals surface area contributed by atoms with Crippen LogP contribution in [0.3, 0.4) is 0 Å². The van der Waals surface area contributed by atoms with Crippen LogP contribution < -0.4 is 10.6 Å². The third kappa shape index (κ3) is 1.69. The Hall–Kier alpha value is -0.770. The van der Waals surface area contributed by atoms with E-state index in [0.717, 1.165) is 23.1 Å². The number of anilines is 2. The molecule has 0 unspecified atom stereocenters. The fourth-order valence-electron chi connectivity index (χ4n) is 1.02. The van der Waals surface area contributed by atoms with Gasteiger partial charge < -0.3 is 10.6 Å². The van der Waals surface area contributed by atoms with E-state index in [0.29, 0.717) is 5.82 Å². The van der Waals surface area contributed by atoms with Crippen molar-refractivity contribution in [2.75, 3.05) is 23.7 Å². The van der Waals surface area contributed by atoms with Gasteiger partial charge in [-0.1, -0.05) is 11.3 Å². The fraction of sp³-hybridized carbons (Fsp3) is 0.625. The molecule has 3 nitrogen and oxygen atoms in total. The number of aromatic nitrogens is 1. The van der Waals surface area contributed by atoms with Gasteiger partial charge in [0.2, 0.25) is 0 Å². The highest BCUT2D eigenvalue weighted by atomic mass is 32.1. The molecule has 0 fully saturated rings. The Kier molecular flexibility index (Phi) is 2.92. The molecule has 1 aromatic heterocycles.